The van der Waals surface area contributed by atoms with Crippen LogP contribution in [0.25, 0.3) is 27.6 Å². The number of ether oxygens (including phenoxy) is 1. The first kappa shape index (κ1) is 39.0. The third kappa shape index (κ3) is 7.39. The standard InChI is InChI=1S/C53H58N4O/c1-50(2,3)36-21-23-40(24-22-36)55-27-28-56(35-55)41-29-39(53(10,11)37-17-13-12-14-18-37)30-42(32-41)58-43-33-45(52(7,8)9)49-44-19-15-16-20-46(44)57(47(49)34-43)48-31-38(25-26-54-48)51(4,5)6/h12-34H,35H2,1-11H3. The highest BCUT2D eigenvalue weighted by Gasteiger charge is 2.28. The van der Waals surface area contributed by atoms with Gasteiger partial charge in [-0.25, -0.2) is 4.98 Å². The number of rotatable bonds is 7. The first-order chi connectivity index (χ1) is 27.4. The molecule has 0 spiro atoms. The fourth-order valence-corrected chi connectivity index (χ4v) is 8.21. The SMILES string of the molecule is CC(C)(C)c1ccc(N2C=CN(c3cc(Oc4cc(C(C)(C)C)c5c6ccccc6n(-c6cc(C(C)(C)C)ccn6)c5c4)cc(C(C)(C)c4ccccc4)c3)C2)cc1. The highest BCUT2D eigenvalue weighted by atomic mass is 16.5. The van der Waals surface area contributed by atoms with Crippen molar-refractivity contribution in [1.82, 2.24) is 9.55 Å². The molecule has 0 saturated heterocycles. The summed E-state index contributed by atoms with van der Waals surface area (Å²) in [4.78, 5) is 9.58. The predicted octanol–water partition coefficient (Wildman–Crippen LogP) is 13.9. The molecule has 7 aromatic rings. The Bertz CT molecular complexity index is 2650. The van der Waals surface area contributed by atoms with Gasteiger partial charge in [0, 0.05) is 58.3 Å². The molecule has 5 nitrogen and oxygen atoms in total. The van der Waals surface area contributed by atoms with Crippen LogP contribution in [0, 0.1) is 0 Å². The van der Waals surface area contributed by atoms with Gasteiger partial charge in [0.15, 0.2) is 0 Å². The zero-order valence-electron chi connectivity index (χ0n) is 36.2. The van der Waals surface area contributed by atoms with Crippen LogP contribution in [0.2, 0.25) is 0 Å². The van der Waals surface area contributed by atoms with E-state index in [0.29, 0.717) is 6.67 Å². The minimum absolute atomic E-state index is 0.0179. The maximum atomic E-state index is 7.12. The minimum atomic E-state index is -0.280. The lowest BCUT2D eigenvalue weighted by molar-refractivity contribution is 0.477. The maximum absolute atomic E-state index is 7.12. The number of aromatic nitrogens is 2. The van der Waals surface area contributed by atoms with Crippen LogP contribution >= 0.6 is 0 Å². The second kappa shape index (κ2) is 14.2. The van der Waals surface area contributed by atoms with E-state index in [0.717, 1.165) is 34.0 Å². The van der Waals surface area contributed by atoms with Gasteiger partial charge in [0.1, 0.15) is 17.3 Å². The van der Waals surface area contributed by atoms with Gasteiger partial charge >= 0.3 is 0 Å². The summed E-state index contributed by atoms with van der Waals surface area (Å²) in [6, 6.07) is 44.0. The van der Waals surface area contributed by atoms with Crippen molar-refractivity contribution in [2.45, 2.75) is 97.8 Å². The van der Waals surface area contributed by atoms with E-state index in [9.17, 15) is 0 Å². The summed E-state index contributed by atoms with van der Waals surface area (Å²) in [5.41, 5.74) is 10.4. The fourth-order valence-electron chi connectivity index (χ4n) is 8.21. The van der Waals surface area contributed by atoms with Crippen molar-refractivity contribution in [3.8, 4) is 17.3 Å². The van der Waals surface area contributed by atoms with Gasteiger partial charge in [0.2, 0.25) is 0 Å². The van der Waals surface area contributed by atoms with Crippen molar-refractivity contribution >= 4 is 33.2 Å². The van der Waals surface area contributed by atoms with Gasteiger partial charge in [0.05, 0.1) is 17.7 Å². The van der Waals surface area contributed by atoms with E-state index in [1.807, 2.05) is 6.20 Å². The predicted molar refractivity (Wildman–Crippen MR) is 245 cm³/mol. The zero-order valence-corrected chi connectivity index (χ0v) is 36.2. The van der Waals surface area contributed by atoms with Crippen LogP contribution in [-0.4, -0.2) is 16.2 Å². The Kier molecular flexibility index (Phi) is 9.58. The summed E-state index contributed by atoms with van der Waals surface area (Å²) in [7, 11) is 0. The molecule has 0 N–H and O–H groups in total. The molecule has 0 unspecified atom stereocenters. The van der Waals surface area contributed by atoms with E-state index in [1.165, 1.54) is 44.3 Å². The van der Waals surface area contributed by atoms with Gasteiger partial charge in [-0.3, -0.25) is 4.57 Å². The molecule has 0 atom stereocenters. The monoisotopic (exact) mass is 766 g/mol. The summed E-state index contributed by atoms with van der Waals surface area (Å²) in [6.45, 7) is 25.7. The van der Waals surface area contributed by atoms with Gasteiger partial charge in [-0.1, -0.05) is 137 Å². The number of hydrogen-bond acceptors (Lipinski definition) is 4. The van der Waals surface area contributed by atoms with Crippen molar-refractivity contribution in [3.05, 3.63) is 168 Å². The van der Waals surface area contributed by atoms with Gasteiger partial charge in [0.25, 0.3) is 0 Å². The number of pyridine rings is 1. The van der Waals surface area contributed by atoms with Gasteiger partial charge in [-0.2, -0.15) is 0 Å². The van der Waals surface area contributed by atoms with E-state index < -0.39 is 0 Å². The molecule has 0 amide bonds. The molecular weight excluding hydrogens is 709 g/mol. The Morgan fingerprint density at radius 1 is 0.500 bits per heavy atom. The van der Waals surface area contributed by atoms with E-state index in [4.69, 9.17) is 9.72 Å². The molecule has 1 aliphatic heterocycles. The van der Waals surface area contributed by atoms with Crippen molar-refractivity contribution in [1.29, 1.82) is 0 Å². The fraction of sp³-hybridized carbons (Fsp3) is 0.302. The van der Waals surface area contributed by atoms with Crippen molar-refractivity contribution < 1.29 is 4.74 Å². The van der Waals surface area contributed by atoms with Gasteiger partial charge in [-0.15, -0.1) is 0 Å². The average Bonchev–Trinajstić information content (AvgIpc) is 3.81. The van der Waals surface area contributed by atoms with E-state index in [2.05, 4.69) is 224 Å². The second-order valence-corrected chi connectivity index (χ2v) is 19.6. The maximum Gasteiger partial charge on any atom is 0.137 e. The largest absolute Gasteiger partial charge is 0.457 e. The summed E-state index contributed by atoms with van der Waals surface area (Å²) >= 11 is 0. The Morgan fingerprint density at radius 2 is 1.14 bits per heavy atom. The minimum Gasteiger partial charge on any atom is -0.457 e. The molecule has 2 aromatic heterocycles. The number of benzene rings is 5. The molecule has 5 aromatic carbocycles. The van der Waals surface area contributed by atoms with E-state index >= 15 is 0 Å². The number of nitrogens with zero attached hydrogens (tertiary/aromatic N) is 4. The number of anilines is 2. The first-order valence-corrected chi connectivity index (χ1v) is 20.6. The molecule has 58 heavy (non-hydrogen) atoms. The molecule has 1 aliphatic rings. The molecule has 8 rings (SSSR count). The molecule has 0 bridgehead atoms. The van der Waals surface area contributed by atoms with Crippen LogP contribution in [0.15, 0.2) is 140 Å². The quantitative estimate of drug-likeness (QED) is 0.162. The Labute approximate surface area is 345 Å². The average molecular weight is 767 g/mol. The molecule has 0 fully saturated rings. The molecule has 5 heteroatoms. The number of hydrogen-bond donors (Lipinski definition) is 0. The lowest BCUT2D eigenvalue weighted by Crippen LogP contribution is -2.25. The van der Waals surface area contributed by atoms with Gasteiger partial charge in [-0.05, 0) is 92.6 Å². The lowest BCUT2D eigenvalue weighted by Gasteiger charge is -2.29. The van der Waals surface area contributed by atoms with Crippen molar-refractivity contribution in [2.24, 2.45) is 0 Å². The lowest BCUT2D eigenvalue weighted by atomic mass is 9.78. The molecule has 0 saturated carbocycles. The topological polar surface area (TPSA) is 33.5 Å². The highest BCUT2D eigenvalue weighted by molar-refractivity contribution is 6.11. The van der Waals surface area contributed by atoms with E-state index in [1.54, 1.807) is 0 Å². The molecule has 3 heterocycles. The molecule has 0 aliphatic carbocycles. The van der Waals surface area contributed by atoms with Crippen molar-refractivity contribution in [3.63, 3.8) is 0 Å². The summed E-state index contributed by atoms with van der Waals surface area (Å²) in [6.07, 6.45) is 6.29. The van der Waals surface area contributed by atoms with E-state index in [-0.39, 0.29) is 21.7 Å². The third-order valence-corrected chi connectivity index (χ3v) is 11.9. The number of para-hydroxylation sites is 1. The first-order valence-electron chi connectivity index (χ1n) is 20.6. The molecule has 0 radical (unpaired) electrons. The van der Waals surface area contributed by atoms with Crippen LogP contribution in [0.4, 0.5) is 11.4 Å². The molecular formula is C53H58N4O. The van der Waals surface area contributed by atoms with Crippen LogP contribution < -0.4 is 14.5 Å². The van der Waals surface area contributed by atoms with Crippen LogP contribution in [0.3, 0.4) is 0 Å². The van der Waals surface area contributed by atoms with Crippen LogP contribution in [0.5, 0.6) is 11.5 Å². The van der Waals surface area contributed by atoms with Crippen LogP contribution in [-0.2, 0) is 21.7 Å². The van der Waals surface area contributed by atoms with Crippen LogP contribution in [0.1, 0.15) is 104 Å². The Hall–Kier alpha value is -5.81. The Balaban J connectivity index is 1.25. The highest BCUT2D eigenvalue weighted by Crippen LogP contribution is 2.44. The Morgan fingerprint density at radius 3 is 1.81 bits per heavy atom. The van der Waals surface area contributed by atoms with Gasteiger partial charge < -0.3 is 14.5 Å². The summed E-state index contributed by atoms with van der Waals surface area (Å²) in [5, 5.41) is 2.44. The summed E-state index contributed by atoms with van der Waals surface area (Å²) in [5.74, 6) is 2.50. The van der Waals surface area contributed by atoms with Crippen molar-refractivity contribution in [2.75, 3.05) is 16.5 Å². The second-order valence-electron chi connectivity index (χ2n) is 19.6. The zero-order chi connectivity index (χ0) is 41.2. The normalized spacial score (nSPS) is 13.9. The third-order valence-electron chi connectivity index (χ3n) is 11.9. The number of fused-ring (bicyclic) bond motifs is 3. The smallest absolute Gasteiger partial charge is 0.137 e. The molecule has 296 valence electrons. The summed E-state index contributed by atoms with van der Waals surface area (Å²) < 4.78 is 9.44.